The van der Waals surface area contributed by atoms with Gasteiger partial charge in [-0.05, 0) is 34.1 Å². The van der Waals surface area contributed by atoms with E-state index < -0.39 is 0 Å². The Morgan fingerprint density at radius 1 is 1.18 bits per heavy atom. The molecule has 0 aliphatic heterocycles. The summed E-state index contributed by atoms with van der Waals surface area (Å²) in [6.07, 6.45) is 1.44. The van der Waals surface area contributed by atoms with Crippen molar-refractivity contribution in [3.63, 3.8) is 0 Å². The highest BCUT2D eigenvalue weighted by atomic mass is 79.9. The van der Waals surface area contributed by atoms with Crippen molar-refractivity contribution in [3.8, 4) is 6.07 Å². The van der Waals surface area contributed by atoms with Gasteiger partial charge in [-0.1, -0.05) is 15.9 Å². The molecule has 0 saturated heterocycles. The van der Waals surface area contributed by atoms with Gasteiger partial charge in [0.15, 0.2) is 0 Å². The summed E-state index contributed by atoms with van der Waals surface area (Å²) < 4.78 is 1.55. The maximum Gasteiger partial charge on any atom is 0.134 e. The van der Waals surface area contributed by atoms with Crippen molar-refractivity contribution >= 4 is 43.4 Å². The minimum Gasteiger partial charge on any atom is -0.339 e. The normalized spacial score (nSPS) is 9.71. The van der Waals surface area contributed by atoms with E-state index in [1.165, 1.54) is 6.33 Å². The van der Waals surface area contributed by atoms with E-state index in [0.717, 1.165) is 4.47 Å². The molecule has 6 heteroatoms. The number of nitrogens with one attached hydrogen (secondary N) is 1. The van der Waals surface area contributed by atoms with Crippen LogP contribution in [0.4, 0.5) is 11.5 Å². The number of nitriles is 1. The molecule has 84 valence electrons. The predicted octanol–water partition coefficient (Wildman–Crippen LogP) is 3.62. The van der Waals surface area contributed by atoms with E-state index in [2.05, 4.69) is 53.2 Å². The molecule has 2 rings (SSSR count). The second-order valence-corrected chi connectivity index (χ2v) is 4.88. The molecule has 0 saturated carbocycles. The van der Waals surface area contributed by atoms with Crippen LogP contribution in [0.15, 0.2) is 39.7 Å². The summed E-state index contributed by atoms with van der Waals surface area (Å²) >= 11 is 6.58. The van der Waals surface area contributed by atoms with Crippen LogP contribution in [0.25, 0.3) is 0 Å². The average molecular weight is 354 g/mol. The number of nitrogens with zero attached hydrogens (tertiary/aromatic N) is 3. The summed E-state index contributed by atoms with van der Waals surface area (Å²) in [7, 11) is 0. The largest absolute Gasteiger partial charge is 0.339 e. The van der Waals surface area contributed by atoms with Crippen LogP contribution in [0, 0.1) is 11.3 Å². The van der Waals surface area contributed by atoms with Gasteiger partial charge in [0.25, 0.3) is 0 Å². The van der Waals surface area contributed by atoms with E-state index in [0.29, 0.717) is 21.7 Å². The summed E-state index contributed by atoms with van der Waals surface area (Å²) in [6.45, 7) is 0. The minimum absolute atomic E-state index is 0.550. The van der Waals surface area contributed by atoms with Gasteiger partial charge in [0.2, 0.25) is 0 Å². The standard InChI is InChI=1S/C11H6Br2N4/c12-8-1-2-9(7(3-8)5-14)17-11-4-10(13)15-6-16-11/h1-4,6H,(H,15,16,17). The van der Waals surface area contributed by atoms with Crippen molar-refractivity contribution in [2.45, 2.75) is 0 Å². The van der Waals surface area contributed by atoms with E-state index in [1.54, 1.807) is 12.1 Å². The van der Waals surface area contributed by atoms with Crippen LogP contribution in [0.1, 0.15) is 5.56 Å². The number of hydrogen-bond donors (Lipinski definition) is 1. The van der Waals surface area contributed by atoms with Crippen molar-refractivity contribution in [2.24, 2.45) is 0 Å². The molecule has 2 aromatic rings. The SMILES string of the molecule is N#Cc1cc(Br)ccc1Nc1cc(Br)ncn1. The molecule has 0 atom stereocenters. The lowest BCUT2D eigenvalue weighted by Crippen LogP contribution is -1.96. The maximum atomic E-state index is 9.02. The summed E-state index contributed by atoms with van der Waals surface area (Å²) in [4.78, 5) is 7.99. The fourth-order valence-corrected chi connectivity index (χ4v) is 1.93. The molecule has 1 aromatic carbocycles. The van der Waals surface area contributed by atoms with E-state index >= 15 is 0 Å². The van der Waals surface area contributed by atoms with Crippen molar-refractivity contribution < 1.29 is 0 Å². The maximum absolute atomic E-state index is 9.02. The van der Waals surface area contributed by atoms with Gasteiger partial charge in [0, 0.05) is 10.5 Å². The number of hydrogen-bond acceptors (Lipinski definition) is 4. The van der Waals surface area contributed by atoms with Crippen LogP contribution in [0.5, 0.6) is 0 Å². The van der Waals surface area contributed by atoms with Crippen LogP contribution >= 0.6 is 31.9 Å². The zero-order valence-electron chi connectivity index (χ0n) is 8.48. The molecular weight excluding hydrogens is 348 g/mol. The van der Waals surface area contributed by atoms with Gasteiger partial charge in [-0.2, -0.15) is 5.26 Å². The quantitative estimate of drug-likeness (QED) is 0.837. The van der Waals surface area contributed by atoms with Gasteiger partial charge in [-0.25, -0.2) is 9.97 Å². The minimum atomic E-state index is 0.550. The first kappa shape index (κ1) is 12.0. The number of anilines is 2. The molecule has 1 heterocycles. The molecule has 17 heavy (non-hydrogen) atoms. The highest BCUT2D eigenvalue weighted by Gasteiger charge is 2.04. The third-order valence-corrected chi connectivity index (χ3v) is 2.93. The predicted molar refractivity (Wildman–Crippen MR) is 71.9 cm³/mol. The van der Waals surface area contributed by atoms with Crippen LogP contribution in [-0.2, 0) is 0 Å². The number of halogens is 2. The van der Waals surface area contributed by atoms with Crippen molar-refractivity contribution in [1.82, 2.24) is 9.97 Å². The summed E-state index contributed by atoms with van der Waals surface area (Å²) in [5.74, 6) is 0.630. The first-order valence-corrected chi connectivity index (χ1v) is 6.22. The Bertz CT molecular complexity index is 592. The van der Waals surface area contributed by atoms with Gasteiger partial charge < -0.3 is 5.32 Å². The first-order chi connectivity index (χ1) is 8.19. The molecule has 0 unspecified atom stereocenters. The molecule has 0 bridgehead atoms. The molecule has 0 fully saturated rings. The number of aromatic nitrogens is 2. The van der Waals surface area contributed by atoms with Gasteiger partial charge in [0.1, 0.15) is 22.8 Å². The molecule has 1 N–H and O–H groups in total. The average Bonchev–Trinajstić information content (AvgIpc) is 2.31. The summed E-state index contributed by atoms with van der Waals surface area (Å²) in [6, 6.07) is 9.29. The lowest BCUT2D eigenvalue weighted by molar-refractivity contribution is 1.14. The van der Waals surface area contributed by atoms with Crippen molar-refractivity contribution in [1.29, 1.82) is 5.26 Å². The van der Waals surface area contributed by atoms with Gasteiger partial charge in [0.05, 0.1) is 11.3 Å². The molecule has 1 aromatic heterocycles. The van der Waals surface area contributed by atoms with Crippen LogP contribution in [0.3, 0.4) is 0 Å². The molecule has 0 aliphatic carbocycles. The second kappa shape index (κ2) is 5.25. The van der Waals surface area contributed by atoms with Gasteiger partial charge in [-0.15, -0.1) is 0 Å². The summed E-state index contributed by atoms with van der Waals surface area (Å²) in [5.41, 5.74) is 1.26. The lowest BCUT2D eigenvalue weighted by atomic mass is 10.2. The van der Waals surface area contributed by atoms with Crippen LogP contribution in [-0.4, -0.2) is 9.97 Å². The van der Waals surface area contributed by atoms with E-state index in [4.69, 9.17) is 5.26 Å². The fraction of sp³-hybridized carbons (Fsp3) is 0. The molecule has 0 spiro atoms. The second-order valence-electron chi connectivity index (χ2n) is 3.15. The highest BCUT2D eigenvalue weighted by molar-refractivity contribution is 9.10. The van der Waals surface area contributed by atoms with Gasteiger partial charge in [-0.3, -0.25) is 0 Å². The number of benzene rings is 1. The number of rotatable bonds is 2. The van der Waals surface area contributed by atoms with Crippen molar-refractivity contribution in [3.05, 3.63) is 45.2 Å². The monoisotopic (exact) mass is 352 g/mol. The topological polar surface area (TPSA) is 61.6 Å². The Morgan fingerprint density at radius 3 is 2.71 bits per heavy atom. The van der Waals surface area contributed by atoms with E-state index in [-0.39, 0.29) is 0 Å². The Balaban J connectivity index is 2.34. The highest BCUT2D eigenvalue weighted by Crippen LogP contribution is 2.23. The van der Waals surface area contributed by atoms with Crippen LogP contribution in [0.2, 0.25) is 0 Å². The van der Waals surface area contributed by atoms with Crippen molar-refractivity contribution in [2.75, 3.05) is 5.32 Å². The third kappa shape index (κ3) is 3.02. The first-order valence-electron chi connectivity index (χ1n) is 4.63. The Hall–Kier alpha value is -1.45. The Labute approximate surface area is 115 Å². The fourth-order valence-electron chi connectivity index (χ4n) is 1.26. The molecule has 0 radical (unpaired) electrons. The molecule has 0 aliphatic rings. The summed E-state index contributed by atoms with van der Waals surface area (Å²) in [5, 5.41) is 12.1. The van der Waals surface area contributed by atoms with E-state index in [9.17, 15) is 0 Å². The van der Waals surface area contributed by atoms with Crippen LogP contribution < -0.4 is 5.32 Å². The molecule has 4 nitrogen and oxygen atoms in total. The zero-order chi connectivity index (χ0) is 12.3. The zero-order valence-corrected chi connectivity index (χ0v) is 11.7. The Kier molecular flexibility index (Phi) is 3.71. The third-order valence-electron chi connectivity index (χ3n) is 2.00. The lowest BCUT2D eigenvalue weighted by Gasteiger charge is -2.07. The molecular formula is C11H6Br2N4. The Morgan fingerprint density at radius 2 is 2.00 bits per heavy atom. The van der Waals surface area contributed by atoms with Gasteiger partial charge >= 0.3 is 0 Å². The smallest absolute Gasteiger partial charge is 0.134 e. The van der Waals surface area contributed by atoms with E-state index in [1.807, 2.05) is 12.1 Å². The molecule has 0 amide bonds.